The molecule has 0 radical (unpaired) electrons. The van der Waals surface area contributed by atoms with Gasteiger partial charge in [0, 0.05) is 24.7 Å². The van der Waals surface area contributed by atoms with Crippen LogP contribution in [0.1, 0.15) is 36.9 Å². The second-order valence-corrected chi connectivity index (χ2v) is 4.27. The summed E-state index contributed by atoms with van der Waals surface area (Å²) in [6.07, 6.45) is 2.91. The third kappa shape index (κ3) is 3.06. The maximum atomic E-state index is 11.4. The zero-order valence-corrected chi connectivity index (χ0v) is 10.9. The number of aryl methyl sites for hydroxylation is 1. The van der Waals surface area contributed by atoms with Crippen LogP contribution in [0.5, 0.6) is 0 Å². The first kappa shape index (κ1) is 13.7. The average molecular weight is 239 g/mol. The van der Waals surface area contributed by atoms with Gasteiger partial charge in [-0.1, -0.05) is 6.92 Å². The SMILES string of the molecule is CCC(N)C(CC(=O)OC)c1cnn(C)c1C. The van der Waals surface area contributed by atoms with E-state index < -0.39 is 0 Å². The first-order valence-electron chi connectivity index (χ1n) is 5.82. The minimum atomic E-state index is -0.234. The molecule has 0 amide bonds. The van der Waals surface area contributed by atoms with Gasteiger partial charge in [0.1, 0.15) is 0 Å². The van der Waals surface area contributed by atoms with Crippen molar-refractivity contribution in [1.29, 1.82) is 0 Å². The number of aromatic nitrogens is 2. The first-order valence-corrected chi connectivity index (χ1v) is 5.82. The van der Waals surface area contributed by atoms with E-state index in [0.29, 0.717) is 6.42 Å². The van der Waals surface area contributed by atoms with Crippen molar-refractivity contribution in [2.24, 2.45) is 12.8 Å². The van der Waals surface area contributed by atoms with Gasteiger partial charge in [0.15, 0.2) is 0 Å². The number of hydrogen-bond donors (Lipinski definition) is 1. The third-order valence-electron chi connectivity index (χ3n) is 3.28. The van der Waals surface area contributed by atoms with Gasteiger partial charge < -0.3 is 10.5 Å². The zero-order valence-electron chi connectivity index (χ0n) is 10.9. The molecule has 5 nitrogen and oxygen atoms in total. The van der Waals surface area contributed by atoms with E-state index in [-0.39, 0.29) is 17.9 Å². The van der Waals surface area contributed by atoms with E-state index in [4.69, 9.17) is 10.5 Å². The van der Waals surface area contributed by atoms with Crippen LogP contribution in [0.25, 0.3) is 0 Å². The molecule has 17 heavy (non-hydrogen) atoms. The Kier molecular flexibility index (Phi) is 4.69. The van der Waals surface area contributed by atoms with E-state index in [9.17, 15) is 4.79 Å². The molecule has 1 aromatic heterocycles. The zero-order chi connectivity index (χ0) is 13.0. The number of carbonyl (C=O) groups is 1. The van der Waals surface area contributed by atoms with Crippen LogP contribution in [-0.2, 0) is 16.6 Å². The molecule has 0 spiro atoms. The van der Waals surface area contributed by atoms with E-state index in [1.807, 2.05) is 20.9 Å². The Balaban J connectivity index is 2.98. The smallest absolute Gasteiger partial charge is 0.306 e. The molecular weight excluding hydrogens is 218 g/mol. The summed E-state index contributed by atoms with van der Waals surface area (Å²) in [6, 6.07) is -0.0583. The van der Waals surface area contributed by atoms with Gasteiger partial charge >= 0.3 is 5.97 Å². The van der Waals surface area contributed by atoms with Gasteiger partial charge in [0.05, 0.1) is 19.7 Å². The first-order chi connectivity index (χ1) is 8.01. The lowest BCUT2D eigenvalue weighted by Crippen LogP contribution is -2.30. The number of nitrogens with zero attached hydrogens (tertiary/aromatic N) is 2. The van der Waals surface area contributed by atoms with E-state index in [1.165, 1.54) is 7.11 Å². The molecule has 96 valence electrons. The molecule has 1 rings (SSSR count). The summed E-state index contributed by atoms with van der Waals surface area (Å²) < 4.78 is 6.52. The highest BCUT2D eigenvalue weighted by atomic mass is 16.5. The highest BCUT2D eigenvalue weighted by molar-refractivity contribution is 5.70. The van der Waals surface area contributed by atoms with Crippen LogP contribution >= 0.6 is 0 Å². The van der Waals surface area contributed by atoms with Crippen molar-refractivity contribution in [2.75, 3.05) is 7.11 Å². The summed E-state index contributed by atoms with van der Waals surface area (Å²) in [5.41, 5.74) is 8.16. The van der Waals surface area contributed by atoms with Crippen LogP contribution in [0.2, 0.25) is 0 Å². The van der Waals surface area contributed by atoms with Crippen LogP contribution in [-0.4, -0.2) is 28.9 Å². The number of ether oxygens (including phenoxy) is 1. The van der Waals surface area contributed by atoms with E-state index in [2.05, 4.69) is 5.10 Å². The van der Waals surface area contributed by atoms with Crippen LogP contribution in [0.4, 0.5) is 0 Å². The van der Waals surface area contributed by atoms with Gasteiger partial charge in [0.25, 0.3) is 0 Å². The lowest BCUT2D eigenvalue weighted by molar-refractivity contribution is -0.141. The van der Waals surface area contributed by atoms with E-state index >= 15 is 0 Å². The normalized spacial score (nSPS) is 14.4. The minimum absolute atomic E-state index is 0.0267. The third-order valence-corrected chi connectivity index (χ3v) is 3.28. The quantitative estimate of drug-likeness (QED) is 0.781. The summed E-state index contributed by atoms with van der Waals surface area (Å²) >= 11 is 0. The van der Waals surface area contributed by atoms with Crippen LogP contribution < -0.4 is 5.73 Å². The van der Waals surface area contributed by atoms with Gasteiger partial charge in [-0.25, -0.2) is 0 Å². The molecule has 2 N–H and O–H groups in total. The van der Waals surface area contributed by atoms with Gasteiger partial charge in [-0.15, -0.1) is 0 Å². The minimum Gasteiger partial charge on any atom is -0.469 e. The molecule has 0 aliphatic rings. The van der Waals surface area contributed by atoms with Gasteiger partial charge in [-0.3, -0.25) is 9.48 Å². The molecule has 0 bridgehead atoms. The Labute approximate surface area is 102 Å². The molecule has 1 aromatic rings. The fourth-order valence-corrected chi connectivity index (χ4v) is 1.92. The predicted molar refractivity (Wildman–Crippen MR) is 65.6 cm³/mol. The van der Waals surface area contributed by atoms with Crippen LogP contribution in [0, 0.1) is 6.92 Å². The molecule has 0 saturated carbocycles. The number of esters is 1. The summed E-state index contributed by atoms with van der Waals surface area (Å²) in [5.74, 6) is -0.261. The Morgan fingerprint density at radius 3 is 2.71 bits per heavy atom. The van der Waals surface area contributed by atoms with Crippen LogP contribution in [0.15, 0.2) is 6.20 Å². The molecule has 2 unspecified atom stereocenters. The van der Waals surface area contributed by atoms with E-state index in [0.717, 1.165) is 17.7 Å². The molecule has 0 aliphatic carbocycles. The van der Waals surface area contributed by atoms with Crippen molar-refractivity contribution in [3.63, 3.8) is 0 Å². The topological polar surface area (TPSA) is 70.1 Å². The lowest BCUT2D eigenvalue weighted by Gasteiger charge is -2.21. The predicted octanol–water partition coefficient (Wildman–Crippen LogP) is 1.11. The van der Waals surface area contributed by atoms with Gasteiger partial charge in [-0.2, -0.15) is 5.10 Å². The Morgan fingerprint density at radius 1 is 1.65 bits per heavy atom. The maximum Gasteiger partial charge on any atom is 0.306 e. The van der Waals surface area contributed by atoms with Gasteiger partial charge in [-0.05, 0) is 18.9 Å². The van der Waals surface area contributed by atoms with E-state index in [1.54, 1.807) is 10.9 Å². The molecular formula is C12H21N3O2. The molecule has 0 saturated heterocycles. The highest BCUT2D eigenvalue weighted by Crippen LogP contribution is 2.27. The number of methoxy groups -OCH3 is 1. The Hall–Kier alpha value is -1.36. The maximum absolute atomic E-state index is 11.4. The average Bonchev–Trinajstić information content (AvgIpc) is 2.66. The number of carbonyl (C=O) groups excluding carboxylic acids is 1. The lowest BCUT2D eigenvalue weighted by atomic mass is 9.88. The second kappa shape index (κ2) is 5.82. The summed E-state index contributed by atoms with van der Waals surface area (Å²) in [7, 11) is 3.28. The second-order valence-electron chi connectivity index (χ2n) is 4.27. The van der Waals surface area contributed by atoms with Crippen LogP contribution in [0.3, 0.4) is 0 Å². The standard InChI is InChI=1S/C12H21N3O2/c1-5-11(13)9(6-12(16)17-4)10-7-14-15(3)8(10)2/h7,9,11H,5-6,13H2,1-4H3. The van der Waals surface area contributed by atoms with Gasteiger partial charge in [0.2, 0.25) is 0 Å². The van der Waals surface area contributed by atoms with Crippen molar-refractivity contribution in [3.05, 3.63) is 17.5 Å². The molecule has 1 heterocycles. The summed E-state index contributed by atoms with van der Waals surface area (Å²) in [6.45, 7) is 4.00. The number of rotatable bonds is 5. The van der Waals surface area contributed by atoms with Crippen molar-refractivity contribution in [2.45, 2.75) is 38.6 Å². The molecule has 2 atom stereocenters. The monoisotopic (exact) mass is 239 g/mol. The molecule has 5 heteroatoms. The largest absolute Gasteiger partial charge is 0.469 e. The van der Waals surface area contributed by atoms with Crippen molar-refractivity contribution < 1.29 is 9.53 Å². The van der Waals surface area contributed by atoms with Crippen molar-refractivity contribution in [1.82, 2.24) is 9.78 Å². The number of hydrogen-bond acceptors (Lipinski definition) is 4. The molecule has 0 aliphatic heterocycles. The van der Waals surface area contributed by atoms with Crippen molar-refractivity contribution in [3.8, 4) is 0 Å². The Morgan fingerprint density at radius 2 is 2.29 bits per heavy atom. The van der Waals surface area contributed by atoms with Crippen molar-refractivity contribution >= 4 is 5.97 Å². The molecule has 0 fully saturated rings. The fourth-order valence-electron chi connectivity index (χ4n) is 1.92. The Bertz CT molecular complexity index is 387. The molecule has 0 aromatic carbocycles. The highest BCUT2D eigenvalue weighted by Gasteiger charge is 2.25. The summed E-state index contributed by atoms with van der Waals surface area (Å²) in [4.78, 5) is 11.4. The number of nitrogens with two attached hydrogens (primary N) is 1. The fraction of sp³-hybridized carbons (Fsp3) is 0.667. The summed E-state index contributed by atoms with van der Waals surface area (Å²) in [5, 5.41) is 4.20.